The summed E-state index contributed by atoms with van der Waals surface area (Å²) in [6.45, 7) is 10.1. The molecule has 22 heavy (non-hydrogen) atoms. The summed E-state index contributed by atoms with van der Waals surface area (Å²) in [6.07, 6.45) is 3.65. The van der Waals surface area contributed by atoms with Gasteiger partial charge in [-0.3, -0.25) is 4.99 Å². The lowest BCUT2D eigenvalue weighted by Gasteiger charge is -2.39. The summed E-state index contributed by atoms with van der Waals surface area (Å²) in [6, 6.07) is 0. The molecule has 0 saturated carbocycles. The molecule has 128 valence electrons. The molecule has 0 aromatic carbocycles. The summed E-state index contributed by atoms with van der Waals surface area (Å²) in [5.74, 6) is 2.19. The van der Waals surface area contributed by atoms with E-state index in [1.165, 1.54) is 6.42 Å². The highest BCUT2D eigenvalue weighted by Gasteiger charge is 2.28. The molecule has 0 radical (unpaired) electrons. The Morgan fingerprint density at radius 3 is 3.05 bits per heavy atom. The van der Waals surface area contributed by atoms with Gasteiger partial charge in [0.25, 0.3) is 0 Å². The minimum Gasteiger partial charge on any atom is -0.379 e. The molecule has 2 aliphatic rings. The Labute approximate surface area is 139 Å². The molecule has 2 aliphatic heterocycles. The topological polar surface area (TPSA) is 46.1 Å². The Morgan fingerprint density at radius 1 is 1.50 bits per heavy atom. The van der Waals surface area contributed by atoms with Crippen molar-refractivity contribution in [3.05, 3.63) is 0 Å². The number of aliphatic imine (C=N–C) groups is 1. The van der Waals surface area contributed by atoms with Crippen LogP contribution in [0.25, 0.3) is 0 Å². The Bertz CT molecular complexity index is 357. The standard InChI is InChI=1S/C16H31N3O2S/c1-16(2)13-19(8-11-22-16)15(17-3)18-7-5-9-20-12-14-6-4-10-21-14/h14H,4-13H2,1-3H3,(H,17,18). The van der Waals surface area contributed by atoms with Crippen molar-refractivity contribution in [3.63, 3.8) is 0 Å². The van der Waals surface area contributed by atoms with Crippen molar-refractivity contribution < 1.29 is 9.47 Å². The predicted octanol–water partition coefficient (Wildman–Crippen LogP) is 1.97. The quantitative estimate of drug-likeness (QED) is 0.459. The second-order valence-electron chi connectivity index (χ2n) is 6.57. The van der Waals surface area contributed by atoms with Gasteiger partial charge in [0.05, 0.1) is 12.7 Å². The van der Waals surface area contributed by atoms with Gasteiger partial charge in [-0.2, -0.15) is 11.8 Å². The minimum atomic E-state index is 0.306. The van der Waals surface area contributed by atoms with Gasteiger partial charge in [-0.05, 0) is 33.1 Å². The number of hydrogen-bond acceptors (Lipinski definition) is 4. The van der Waals surface area contributed by atoms with E-state index >= 15 is 0 Å². The van der Waals surface area contributed by atoms with Gasteiger partial charge < -0.3 is 19.7 Å². The van der Waals surface area contributed by atoms with E-state index in [0.717, 1.165) is 64.0 Å². The Morgan fingerprint density at radius 2 is 2.36 bits per heavy atom. The average Bonchev–Trinajstić information content (AvgIpc) is 2.98. The number of nitrogens with zero attached hydrogens (tertiary/aromatic N) is 2. The number of nitrogens with one attached hydrogen (secondary N) is 1. The van der Waals surface area contributed by atoms with E-state index in [-0.39, 0.29) is 0 Å². The van der Waals surface area contributed by atoms with Gasteiger partial charge in [-0.1, -0.05) is 0 Å². The van der Waals surface area contributed by atoms with E-state index in [2.05, 4.69) is 29.1 Å². The zero-order valence-corrected chi connectivity index (χ0v) is 15.1. The van der Waals surface area contributed by atoms with Crippen LogP contribution in [0.15, 0.2) is 4.99 Å². The van der Waals surface area contributed by atoms with E-state index in [4.69, 9.17) is 9.47 Å². The maximum atomic E-state index is 5.69. The van der Waals surface area contributed by atoms with Crippen LogP contribution in [-0.4, -0.2) is 74.0 Å². The zero-order chi connectivity index (χ0) is 15.8. The molecule has 1 unspecified atom stereocenters. The molecule has 0 spiro atoms. The van der Waals surface area contributed by atoms with Crippen molar-refractivity contribution in [2.75, 3.05) is 52.3 Å². The number of thioether (sulfide) groups is 1. The largest absolute Gasteiger partial charge is 0.379 e. The molecule has 0 aromatic heterocycles. The third-order valence-corrected chi connectivity index (χ3v) is 5.31. The molecule has 5 nitrogen and oxygen atoms in total. The fourth-order valence-corrected chi connectivity index (χ4v) is 4.01. The Kier molecular flexibility index (Phi) is 7.31. The summed E-state index contributed by atoms with van der Waals surface area (Å²) in [5.41, 5.74) is 0. The third kappa shape index (κ3) is 5.97. The summed E-state index contributed by atoms with van der Waals surface area (Å²) < 4.78 is 11.5. The first kappa shape index (κ1) is 17.9. The molecule has 0 amide bonds. The predicted molar refractivity (Wildman–Crippen MR) is 93.9 cm³/mol. The minimum absolute atomic E-state index is 0.306. The van der Waals surface area contributed by atoms with Crippen molar-refractivity contribution in [1.82, 2.24) is 10.2 Å². The smallest absolute Gasteiger partial charge is 0.193 e. The fourth-order valence-electron chi connectivity index (χ4n) is 2.89. The molecular formula is C16H31N3O2S. The van der Waals surface area contributed by atoms with Crippen molar-refractivity contribution >= 4 is 17.7 Å². The first-order chi connectivity index (χ1) is 10.6. The SMILES string of the molecule is CN=C(NCCCOCC1CCCO1)N1CCSC(C)(C)C1. The molecule has 2 rings (SSSR count). The molecule has 0 aliphatic carbocycles. The Balaban J connectivity index is 1.58. The van der Waals surface area contributed by atoms with Crippen LogP contribution in [0, 0.1) is 0 Å². The normalized spacial score (nSPS) is 25.5. The van der Waals surface area contributed by atoms with Gasteiger partial charge in [0.15, 0.2) is 5.96 Å². The van der Waals surface area contributed by atoms with E-state index in [1.54, 1.807) is 0 Å². The van der Waals surface area contributed by atoms with Gasteiger partial charge in [0.2, 0.25) is 0 Å². The third-order valence-electron chi connectivity index (χ3n) is 4.01. The highest BCUT2D eigenvalue weighted by molar-refractivity contribution is 8.00. The van der Waals surface area contributed by atoms with Crippen LogP contribution in [0.1, 0.15) is 33.1 Å². The van der Waals surface area contributed by atoms with Gasteiger partial charge in [0.1, 0.15) is 0 Å². The van der Waals surface area contributed by atoms with Crippen LogP contribution in [0.3, 0.4) is 0 Å². The lowest BCUT2D eigenvalue weighted by Crippen LogP contribution is -2.51. The maximum Gasteiger partial charge on any atom is 0.193 e. The van der Waals surface area contributed by atoms with Crippen LogP contribution < -0.4 is 5.32 Å². The van der Waals surface area contributed by atoms with E-state index in [9.17, 15) is 0 Å². The zero-order valence-electron chi connectivity index (χ0n) is 14.3. The van der Waals surface area contributed by atoms with Crippen LogP contribution in [-0.2, 0) is 9.47 Å². The first-order valence-electron chi connectivity index (χ1n) is 8.40. The number of guanidine groups is 1. The van der Waals surface area contributed by atoms with Gasteiger partial charge in [0, 0.05) is 50.4 Å². The fraction of sp³-hybridized carbons (Fsp3) is 0.938. The molecule has 2 heterocycles. The number of hydrogen-bond donors (Lipinski definition) is 1. The molecule has 2 fully saturated rings. The van der Waals surface area contributed by atoms with E-state index < -0.39 is 0 Å². The van der Waals surface area contributed by atoms with Crippen LogP contribution in [0.5, 0.6) is 0 Å². The van der Waals surface area contributed by atoms with E-state index in [0.29, 0.717) is 10.9 Å². The Hall–Kier alpha value is -0.460. The molecule has 0 aromatic rings. The van der Waals surface area contributed by atoms with Crippen LogP contribution >= 0.6 is 11.8 Å². The molecule has 0 bridgehead atoms. The highest BCUT2D eigenvalue weighted by Crippen LogP contribution is 2.29. The molecular weight excluding hydrogens is 298 g/mol. The second-order valence-corrected chi connectivity index (χ2v) is 8.37. The van der Waals surface area contributed by atoms with Crippen molar-refractivity contribution in [2.24, 2.45) is 4.99 Å². The monoisotopic (exact) mass is 329 g/mol. The van der Waals surface area contributed by atoms with Crippen LogP contribution in [0.4, 0.5) is 0 Å². The van der Waals surface area contributed by atoms with Crippen molar-refractivity contribution in [1.29, 1.82) is 0 Å². The summed E-state index contributed by atoms with van der Waals surface area (Å²) >= 11 is 2.04. The van der Waals surface area contributed by atoms with Gasteiger partial charge >= 0.3 is 0 Å². The summed E-state index contributed by atoms with van der Waals surface area (Å²) in [7, 11) is 1.87. The van der Waals surface area contributed by atoms with Crippen molar-refractivity contribution in [2.45, 2.75) is 44.0 Å². The number of ether oxygens (including phenoxy) is 2. The lowest BCUT2D eigenvalue weighted by atomic mass is 10.2. The van der Waals surface area contributed by atoms with Crippen LogP contribution in [0.2, 0.25) is 0 Å². The van der Waals surface area contributed by atoms with E-state index in [1.807, 2.05) is 18.8 Å². The second kappa shape index (κ2) is 8.99. The molecule has 1 atom stereocenters. The van der Waals surface area contributed by atoms with Crippen molar-refractivity contribution in [3.8, 4) is 0 Å². The lowest BCUT2D eigenvalue weighted by molar-refractivity contribution is 0.0168. The average molecular weight is 330 g/mol. The molecule has 2 saturated heterocycles. The number of rotatable bonds is 6. The molecule has 6 heteroatoms. The maximum absolute atomic E-state index is 5.69. The first-order valence-corrected chi connectivity index (χ1v) is 9.38. The summed E-state index contributed by atoms with van der Waals surface area (Å²) in [5, 5.41) is 3.46. The van der Waals surface area contributed by atoms with Gasteiger partial charge in [-0.25, -0.2) is 0 Å². The molecule has 1 N–H and O–H groups in total. The van der Waals surface area contributed by atoms with Gasteiger partial charge in [-0.15, -0.1) is 0 Å². The summed E-state index contributed by atoms with van der Waals surface area (Å²) in [4.78, 5) is 6.78. The highest BCUT2D eigenvalue weighted by atomic mass is 32.2.